The summed E-state index contributed by atoms with van der Waals surface area (Å²) >= 11 is 0. The van der Waals surface area contributed by atoms with Gasteiger partial charge in [-0.05, 0) is 54.9 Å². The Balaban J connectivity index is 1.40. The van der Waals surface area contributed by atoms with E-state index in [1.54, 1.807) is 6.20 Å². The molecule has 1 aromatic carbocycles. The Bertz CT molecular complexity index is 1300. The zero-order chi connectivity index (χ0) is 26.8. The van der Waals surface area contributed by atoms with Crippen LogP contribution in [0.4, 0.5) is 18.9 Å². The molecule has 1 aliphatic heterocycles. The summed E-state index contributed by atoms with van der Waals surface area (Å²) in [6.45, 7) is 2.98. The van der Waals surface area contributed by atoms with Crippen molar-refractivity contribution in [3.8, 4) is 17.0 Å². The normalized spacial score (nSPS) is 23.3. The van der Waals surface area contributed by atoms with Crippen LogP contribution in [0.1, 0.15) is 54.6 Å². The summed E-state index contributed by atoms with van der Waals surface area (Å²) < 4.78 is 55.4. The molecule has 4 atom stereocenters. The highest BCUT2D eigenvalue weighted by molar-refractivity contribution is 6.03. The number of benzene rings is 1. The average Bonchev–Trinajstić information content (AvgIpc) is 3.37. The van der Waals surface area contributed by atoms with Gasteiger partial charge in [0.1, 0.15) is 40.7 Å². The lowest BCUT2D eigenvalue weighted by atomic mass is 9.76. The molecule has 7 nitrogen and oxygen atoms in total. The predicted molar refractivity (Wildman–Crippen MR) is 135 cm³/mol. The van der Waals surface area contributed by atoms with Crippen LogP contribution in [0.2, 0.25) is 0 Å². The molecular formula is C28H29F3N4O3. The van der Waals surface area contributed by atoms with Crippen molar-refractivity contribution in [2.45, 2.75) is 50.7 Å². The van der Waals surface area contributed by atoms with Crippen LogP contribution in [0.3, 0.4) is 0 Å². The van der Waals surface area contributed by atoms with Gasteiger partial charge in [0.2, 0.25) is 0 Å². The lowest BCUT2D eigenvalue weighted by Crippen LogP contribution is -2.31. The number of nitrogens with zero attached hydrogens (tertiary/aromatic N) is 2. The summed E-state index contributed by atoms with van der Waals surface area (Å²) in [7, 11) is 0. The molecule has 0 spiro atoms. The summed E-state index contributed by atoms with van der Waals surface area (Å²) in [5.74, 6) is -3.19. The maximum absolute atomic E-state index is 15.0. The first-order chi connectivity index (χ1) is 18.3. The molecular weight excluding hydrogens is 497 g/mol. The van der Waals surface area contributed by atoms with Gasteiger partial charge in [-0.25, -0.2) is 18.2 Å². The fraction of sp³-hybridized carbons (Fsp3) is 0.393. The number of hydrogen-bond acceptors (Lipinski definition) is 6. The number of amides is 1. The molecule has 0 radical (unpaired) electrons. The van der Waals surface area contributed by atoms with E-state index in [9.17, 15) is 18.0 Å². The molecule has 200 valence electrons. The number of pyridine rings is 2. The van der Waals surface area contributed by atoms with Crippen LogP contribution in [0.15, 0.2) is 42.7 Å². The van der Waals surface area contributed by atoms with Gasteiger partial charge in [0.05, 0.1) is 30.7 Å². The van der Waals surface area contributed by atoms with E-state index in [2.05, 4.69) is 22.2 Å². The number of carbonyl (C=O) groups excluding carboxylic acids is 1. The molecule has 2 fully saturated rings. The van der Waals surface area contributed by atoms with Crippen molar-refractivity contribution < 1.29 is 27.4 Å². The number of aromatic nitrogens is 2. The van der Waals surface area contributed by atoms with Crippen molar-refractivity contribution in [2.24, 2.45) is 11.7 Å². The van der Waals surface area contributed by atoms with Gasteiger partial charge in [0, 0.05) is 30.8 Å². The van der Waals surface area contributed by atoms with Gasteiger partial charge in [0.15, 0.2) is 0 Å². The lowest BCUT2D eigenvalue weighted by molar-refractivity contribution is 0.102. The number of halogens is 3. The van der Waals surface area contributed by atoms with Crippen LogP contribution >= 0.6 is 0 Å². The molecule has 10 heteroatoms. The maximum Gasteiger partial charge on any atom is 0.274 e. The first kappa shape index (κ1) is 26.1. The Morgan fingerprint density at radius 3 is 2.61 bits per heavy atom. The average molecular weight is 527 g/mol. The molecule has 5 rings (SSSR count). The minimum absolute atomic E-state index is 0.0330. The molecule has 38 heavy (non-hydrogen) atoms. The topological polar surface area (TPSA) is 99.4 Å². The molecule has 1 aliphatic carbocycles. The van der Waals surface area contributed by atoms with Crippen LogP contribution in [0, 0.1) is 23.4 Å². The molecule has 2 aliphatic rings. The summed E-state index contributed by atoms with van der Waals surface area (Å²) in [6.07, 6.45) is 6.13. The highest BCUT2D eigenvalue weighted by Crippen LogP contribution is 2.38. The molecule has 0 bridgehead atoms. The highest BCUT2D eigenvalue weighted by Gasteiger charge is 2.28. The minimum atomic E-state index is -1.06. The Morgan fingerprint density at radius 2 is 1.89 bits per heavy atom. The Hall–Kier alpha value is -3.50. The molecule has 1 amide bonds. The first-order valence-electron chi connectivity index (χ1n) is 12.7. The van der Waals surface area contributed by atoms with Gasteiger partial charge in [-0.3, -0.25) is 9.78 Å². The zero-order valence-corrected chi connectivity index (χ0v) is 20.9. The van der Waals surface area contributed by atoms with E-state index in [1.807, 2.05) is 6.07 Å². The van der Waals surface area contributed by atoms with Crippen molar-refractivity contribution >= 4 is 11.6 Å². The molecule has 3 aromatic rings. The number of ether oxygens (including phenoxy) is 2. The van der Waals surface area contributed by atoms with Gasteiger partial charge in [0.25, 0.3) is 5.91 Å². The summed E-state index contributed by atoms with van der Waals surface area (Å²) in [6, 6.07) is 5.99. The fourth-order valence-electron chi connectivity index (χ4n) is 5.35. The molecule has 1 saturated carbocycles. The number of rotatable bonds is 6. The summed E-state index contributed by atoms with van der Waals surface area (Å²) in [5.41, 5.74) is 6.13. The van der Waals surface area contributed by atoms with Crippen molar-refractivity contribution in [2.75, 3.05) is 18.5 Å². The van der Waals surface area contributed by atoms with Crippen LogP contribution in [0.25, 0.3) is 11.3 Å². The number of hydrogen-bond donors (Lipinski definition) is 2. The van der Waals surface area contributed by atoms with Gasteiger partial charge < -0.3 is 20.5 Å². The van der Waals surface area contributed by atoms with Crippen LogP contribution in [-0.4, -0.2) is 41.2 Å². The standard InChI is InChI=1S/C28H29F3N4O3/c1-15-8-16(10-17(32)9-15)20-4-6-33-13-25(20)35-28(36)24-3-2-21(29)27(34-24)26-22(30)11-19(12-23(26)31)38-18-5-7-37-14-18/h2-4,6,11-13,15-18H,5,7-10,14,32H2,1H3,(H,35,36)/t15-,16+,17+,18+/m0/s1. The predicted octanol–water partition coefficient (Wildman–Crippen LogP) is 5.21. The maximum atomic E-state index is 15.0. The summed E-state index contributed by atoms with van der Waals surface area (Å²) in [5, 5.41) is 2.78. The van der Waals surface area contributed by atoms with Crippen molar-refractivity contribution in [3.63, 3.8) is 0 Å². The Kier molecular flexibility index (Phi) is 7.62. The van der Waals surface area contributed by atoms with E-state index in [1.165, 1.54) is 6.20 Å². The largest absolute Gasteiger partial charge is 0.488 e. The van der Waals surface area contributed by atoms with E-state index in [0.29, 0.717) is 31.2 Å². The van der Waals surface area contributed by atoms with E-state index in [0.717, 1.165) is 49.1 Å². The smallest absolute Gasteiger partial charge is 0.274 e. The Labute approximate surface area is 218 Å². The first-order valence-corrected chi connectivity index (χ1v) is 12.7. The van der Waals surface area contributed by atoms with Gasteiger partial charge >= 0.3 is 0 Å². The van der Waals surface area contributed by atoms with Gasteiger partial charge in [-0.15, -0.1) is 0 Å². The van der Waals surface area contributed by atoms with Crippen LogP contribution in [-0.2, 0) is 4.74 Å². The van der Waals surface area contributed by atoms with Crippen molar-refractivity contribution in [3.05, 3.63) is 71.4 Å². The molecule has 3 heterocycles. The number of carbonyl (C=O) groups is 1. The lowest BCUT2D eigenvalue weighted by Gasteiger charge is -2.32. The Morgan fingerprint density at radius 1 is 1.11 bits per heavy atom. The van der Waals surface area contributed by atoms with E-state index >= 15 is 0 Å². The van der Waals surface area contributed by atoms with Crippen molar-refractivity contribution in [1.82, 2.24) is 9.97 Å². The number of nitrogens with one attached hydrogen (secondary N) is 1. The van der Waals surface area contributed by atoms with Gasteiger partial charge in [-0.2, -0.15) is 0 Å². The SMILES string of the molecule is C[C@@H]1C[C@@H](N)C[C@H](c2ccncc2NC(=O)c2ccc(F)c(-c3c(F)cc(O[C@@H]4CCOC4)cc3F)n2)C1. The van der Waals surface area contributed by atoms with E-state index in [-0.39, 0.29) is 29.5 Å². The third-order valence-electron chi connectivity index (χ3n) is 7.04. The minimum Gasteiger partial charge on any atom is -0.488 e. The molecule has 1 saturated heterocycles. The van der Waals surface area contributed by atoms with E-state index in [4.69, 9.17) is 15.2 Å². The zero-order valence-electron chi connectivity index (χ0n) is 20.9. The van der Waals surface area contributed by atoms with Crippen LogP contribution in [0.5, 0.6) is 5.75 Å². The molecule has 3 N–H and O–H groups in total. The second-order valence-electron chi connectivity index (χ2n) is 10.1. The third kappa shape index (κ3) is 5.66. The monoisotopic (exact) mass is 526 g/mol. The quantitative estimate of drug-likeness (QED) is 0.458. The fourth-order valence-corrected chi connectivity index (χ4v) is 5.35. The highest BCUT2D eigenvalue weighted by atomic mass is 19.1. The van der Waals surface area contributed by atoms with Crippen LogP contribution < -0.4 is 15.8 Å². The molecule has 0 unspecified atom stereocenters. The van der Waals surface area contributed by atoms with Crippen molar-refractivity contribution in [1.29, 1.82) is 0 Å². The summed E-state index contributed by atoms with van der Waals surface area (Å²) in [4.78, 5) is 21.2. The molecule has 2 aromatic heterocycles. The second kappa shape index (κ2) is 11.1. The van der Waals surface area contributed by atoms with E-state index < -0.39 is 34.6 Å². The van der Waals surface area contributed by atoms with Gasteiger partial charge in [-0.1, -0.05) is 6.92 Å². The second-order valence-corrected chi connectivity index (χ2v) is 10.1. The number of nitrogens with two attached hydrogens (primary N) is 1. The number of anilines is 1. The third-order valence-corrected chi connectivity index (χ3v) is 7.04.